The zero-order valence-electron chi connectivity index (χ0n) is 22.2. The molecular weight excluding hydrogens is 494 g/mol. The number of hydrogen-bond donors (Lipinski definition) is 2. The molecule has 1 saturated heterocycles. The Hall–Kier alpha value is -4.47. The molecule has 2 aromatic carbocycles. The highest BCUT2D eigenvalue weighted by Gasteiger charge is 2.49. The lowest BCUT2D eigenvalue weighted by Crippen LogP contribution is -2.45. The van der Waals surface area contributed by atoms with Crippen LogP contribution in [0.4, 0.5) is 16.3 Å². The molecule has 10 heteroatoms. The fourth-order valence-corrected chi connectivity index (χ4v) is 5.72. The van der Waals surface area contributed by atoms with Crippen molar-refractivity contribution in [2.24, 2.45) is 5.92 Å². The first-order chi connectivity index (χ1) is 18.7. The number of nitrogens with one attached hydrogen (secondary N) is 1. The molecule has 2 amide bonds. The zero-order chi connectivity index (χ0) is 27.3. The lowest BCUT2D eigenvalue weighted by atomic mass is 10.1. The summed E-state index contributed by atoms with van der Waals surface area (Å²) in [7, 11) is 0. The van der Waals surface area contributed by atoms with Crippen molar-refractivity contribution in [1.29, 1.82) is 0 Å². The maximum atomic E-state index is 13.0. The number of rotatable bonds is 4. The molecule has 200 valence electrons. The second-order valence-corrected chi connectivity index (χ2v) is 11.3. The maximum absolute atomic E-state index is 13.0. The van der Waals surface area contributed by atoms with E-state index in [1.165, 1.54) is 6.33 Å². The number of nitrogens with zero attached hydrogens (tertiary/aromatic N) is 5. The van der Waals surface area contributed by atoms with Crippen LogP contribution >= 0.6 is 0 Å². The number of likely N-dealkylation sites (tertiary alicyclic amines) is 1. The van der Waals surface area contributed by atoms with E-state index in [1.807, 2.05) is 72.8 Å². The van der Waals surface area contributed by atoms with E-state index >= 15 is 0 Å². The summed E-state index contributed by atoms with van der Waals surface area (Å²) in [6, 6.07) is 16.4. The smallest absolute Gasteiger partial charge is 0.410 e. The van der Waals surface area contributed by atoms with Gasteiger partial charge in [-0.05, 0) is 63.8 Å². The van der Waals surface area contributed by atoms with E-state index < -0.39 is 5.60 Å². The Morgan fingerprint density at radius 3 is 2.41 bits per heavy atom. The molecule has 1 saturated carbocycles. The molecule has 3 atom stereocenters. The number of piperidine rings is 1. The van der Waals surface area contributed by atoms with Gasteiger partial charge in [0.25, 0.3) is 5.91 Å². The number of carbonyl (C=O) groups excluding carboxylic acids is 2. The summed E-state index contributed by atoms with van der Waals surface area (Å²) in [6.07, 6.45) is 2.95. The fourth-order valence-electron chi connectivity index (χ4n) is 5.72. The highest BCUT2D eigenvalue weighted by molar-refractivity contribution is 6.04. The number of anilines is 2. The number of ether oxygens (including phenoxy) is 1. The van der Waals surface area contributed by atoms with Gasteiger partial charge in [0.15, 0.2) is 5.65 Å². The van der Waals surface area contributed by atoms with Gasteiger partial charge < -0.3 is 20.7 Å². The molecule has 2 aliphatic rings. The van der Waals surface area contributed by atoms with E-state index in [-0.39, 0.29) is 24.1 Å². The van der Waals surface area contributed by atoms with E-state index in [4.69, 9.17) is 15.6 Å². The number of fused-ring (bicyclic) bond motifs is 3. The van der Waals surface area contributed by atoms with E-state index in [0.717, 1.165) is 18.4 Å². The van der Waals surface area contributed by atoms with E-state index in [9.17, 15) is 9.59 Å². The van der Waals surface area contributed by atoms with Crippen molar-refractivity contribution in [1.82, 2.24) is 24.6 Å². The summed E-state index contributed by atoms with van der Waals surface area (Å²) >= 11 is 0. The van der Waals surface area contributed by atoms with Crippen molar-refractivity contribution in [2.75, 3.05) is 17.6 Å². The number of hydrogen-bond acceptors (Lipinski definition) is 7. The maximum Gasteiger partial charge on any atom is 0.410 e. The summed E-state index contributed by atoms with van der Waals surface area (Å²) in [5, 5.41) is 8.59. The normalized spacial score (nSPS) is 20.4. The molecule has 0 radical (unpaired) electrons. The topological polar surface area (TPSA) is 128 Å². The van der Waals surface area contributed by atoms with Crippen LogP contribution in [0.1, 0.15) is 50.0 Å². The molecule has 3 N–H and O–H groups in total. The second kappa shape index (κ2) is 9.37. The van der Waals surface area contributed by atoms with Crippen LogP contribution in [-0.2, 0) is 4.74 Å². The van der Waals surface area contributed by atoms with Crippen molar-refractivity contribution in [2.45, 2.75) is 51.3 Å². The first-order valence-corrected chi connectivity index (χ1v) is 13.1. The third kappa shape index (κ3) is 4.67. The largest absolute Gasteiger partial charge is 0.444 e. The minimum Gasteiger partial charge on any atom is -0.444 e. The van der Waals surface area contributed by atoms with Crippen LogP contribution in [0.5, 0.6) is 0 Å². The molecule has 2 bridgehead atoms. The monoisotopic (exact) mass is 525 g/mol. The quantitative estimate of drug-likeness (QED) is 0.388. The molecule has 10 nitrogen and oxygen atoms in total. The summed E-state index contributed by atoms with van der Waals surface area (Å²) in [4.78, 5) is 36.1. The molecule has 3 unspecified atom stereocenters. The summed E-state index contributed by atoms with van der Waals surface area (Å²) < 4.78 is 7.60. The third-order valence-corrected chi connectivity index (χ3v) is 7.36. The number of carbonyl (C=O) groups is 2. The van der Waals surface area contributed by atoms with Gasteiger partial charge in [-0.25, -0.2) is 19.4 Å². The van der Waals surface area contributed by atoms with Gasteiger partial charge in [-0.2, -0.15) is 5.10 Å². The Kier molecular flexibility index (Phi) is 5.97. The Bertz CT molecular complexity index is 1540. The van der Waals surface area contributed by atoms with Crippen molar-refractivity contribution < 1.29 is 14.3 Å². The number of nitrogens with two attached hydrogens (primary N) is 1. The van der Waals surface area contributed by atoms with Crippen LogP contribution in [0.2, 0.25) is 0 Å². The Labute approximate surface area is 226 Å². The minimum atomic E-state index is -0.561. The predicted molar refractivity (Wildman–Crippen MR) is 148 cm³/mol. The van der Waals surface area contributed by atoms with Crippen LogP contribution in [0.25, 0.3) is 22.3 Å². The van der Waals surface area contributed by atoms with Crippen molar-refractivity contribution in [3.05, 3.63) is 66.5 Å². The molecule has 1 aliphatic carbocycles. The van der Waals surface area contributed by atoms with E-state index in [0.29, 0.717) is 46.3 Å². The van der Waals surface area contributed by atoms with Crippen LogP contribution in [-0.4, -0.2) is 54.8 Å². The predicted octanol–water partition coefficient (Wildman–Crippen LogP) is 4.90. The van der Waals surface area contributed by atoms with Gasteiger partial charge in [-0.3, -0.25) is 4.79 Å². The SMILES string of the molecule is CC(C)(C)OC(=O)N1CC2CC1C(n1nc(-c3ccc(NC(=O)c4ccccc4)cc3)c3c(N)ncnc31)C2. The standard InChI is InChI=1S/C29H31N7O3/c1-29(2,3)39-28(38)35-15-17-13-21(35)22(14-17)36-26-23(25(30)31-16-32-26)24(34-36)18-9-11-20(12-10-18)33-27(37)19-7-5-4-6-8-19/h4-12,16-17,21-22H,13-15H2,1-3H3,(H,33,37)(H2,30,31,32). The molecule has 3 heterocycles. The number of amides is 2. The van der Waals surface area contributed by atoms with Crippen LogP contribution in [0.3, 0.4) is 0 Å². The Morgan fingerprint density at radius 2 is 1.72 bits per heavy atom. The molecule has 39 heavy (non-hydrogen) atoms. The minimum absolute atomic E-state index is 0.0347. The van der Waals surface area contributed by atoms with E-state index in [1.54, 1.807) is 12.1 Å². The molecule has 2 aromatic heterocycles. The van der Waals surface area contributed by atoms with Gasteiger partial charge in [0.05, 0.1) is 17.5 Å². The average Bonchev–Trinajstić information content (AvgIpc) is 3.62. The molecule has 1 aliphatic heterocycles. The number of nitrogen functional groups attached to an aromatic ring is 1. The number of aromatic nitrogens is 4. The van der Waals surface area contributed by atoms with Crippen molar-refractivity contribution in [3.63, 3.8) is 0 Å². The van der Waals surface area contributed by atoms with Crippen LogP contribution in [0.15, 0.2) is 60.9 Å². The fraction of sp³-hybridized carbons (Fsp3) is 0.345. The molecule has 6 rings (SSSR count). The number of benzene rings is 2. The summed E-state index contributed by atoms with van der Waals surface area (Å²) in [5.74, 6) is 0.540. The highest BCUT2D eigenvalue weighted by atomic mass is 16.6. The lowest BCUT2D eigenvalue weighted by molar-refractivity contribution is 0.0135. The third-order valence-electron chi connectivity index (χ3n) is 7.36. The zero-order valence-corrected chi connectivity index (χ0v) is 22.2. The van der Waals surface area contributed by atoms with E-state index in [2.05, 4.69) is 15.3 Å². The van der Waals surface area contributed by atoms with Crippen molar-refractivity contribution in [3.8, 4) is 11.3 Å². The Balaban J connectivity index is 1.31. The van der Waals surface area contributed by atoms with Crippen LogP contribution in [0, 0.1) is 5.92 Å². The lowest BCUT2D eigenvalue weighted by Gasteiger charge is -2.34. The van der Waals surface area contributed by atoms with Gasteiger partial charge in [0.1, 0.15) is 23.4 Å². The summed E-state index contributed by atoms with van der Waals surface area (Å²) in [5.41, 5.74) is 9.16. The molecule has 2 fully saturated rings. The molecular formula is C29H31N7O3. The highest BCUT2D eigenvalue weighted by Crippen LogP contribution is 2.46. The van der Waals surface area contributed by atoms with Gasteiger partial charge >= 0.3 is 6.09 Å². The van der Waals surface area contributed by atoms with Crippen molar-refractivity contribution >= 4 is 34.5 Å². The van der Waals surface area contributed by atoms with Gasteiger partial charge in [0, 0.05) is 23.4 Å². The summed E-state index contributed by atoms with van der Waals surface area (Å²) in [6.45, 7) is 6.32. The molecule has 4 aromatic rings. The second-order valence-electron chi connectivity index (χ2n) is 11.3. The average molecular weight is 526 g/mol. The van der Waals surface area contributed by atoms with Crippen LogP contribution < -0.4 is 11.1 Å². The van der Waals surface area contributed by atoms with Gasteiger partial charge in [0.2, 0.25) is 0 Å². The molecule has 0 spiro atoms. The van der Waals surface area contributed by atoms with Gasteiger partial charge in [-0.1, -0.05) is 30.3 Å². The first kappa shape index (κ1) is 24.8. The first-order valence-electron chi connectivity index (χ1n) is 13.1. The van der Waals surface area contributed by atoms with Gasteiger partial charge in [-0.15, -0.1) is 0 Å². The Morgan fingerprint density at radius 1 is 1.00 bits per heavy atom.